The lowest BCUT2D eigenvalue weighted by molar-refractivity contribution is -0.139. The molecule has 2 aliphatic rings. The Kier molecular flexibility index (Phi) is 9.04. The van der Waals surface area contributed by atoms with Gasteiger partial charge in [-0.3, -0.25) is 14.4 Å². The van der Waals surface area contributed by atoms with Crippen LogP contribution in [0.25, 0.3) is 0 Å². The van der Waals surface area contributed by atoms with Crippen molar-refractivity contribution in [3.05, 3.63) is 0 Å². The number of primary amides is 1. The molecule has 1 unspecified atom stereocenters. The molecule has 3 amide bonds. The van der Waals surface area contributed by atoms with E-state index in [1.54, 1.807) is 4.90 Å². The van der Waals surface area contributed by atoms with Gasteiger partial charge < -0.3 is 21.3 Å². The first kappa shape index (κ1) is 21.7. The lowest BCUT2D eigenvalue weighted by atomic mass is 9.86. The van der Waals surface area contributed by atoms with Crippen LogP contribution in [0.15, 0.2) is 0 Å². The number of rotatable bonds is 11. The topological polar surface area (TPSA) is 105 Å². The maximum Gasteiger partial charge on any atom is 0.243 e. The summed E-state index contributed by atoms with van der Waals surface area (Å²) in [5, 5.41) is 5.93. The van der Waals surface area contributed by atoms with E-state index in [1.165, 1.54) is 38.5 Å². The highest BCUT2D eigenvalue weighted by molar-refractivity contribution is 5.92. The Morgan fingerprint density at radius 3 is 2.63 bits per heavy atom. The van der Waals surface area contributed by atoms with E-state index in [0.717, 1.165) is 31.7 Å². The van der Waals surface area contributed by atoms with Crippen LogP contribution in [-0.2, 0) is 14.4 Å². The third kappa shape index (κ3) is 6.79. The highest BCUT2D eigenvalue weighted by Gasteiger charge is 2.38. The van der Waals surface area contributed by atoms with Gasteiger partial charge in [-0.1, -0.05) is 45.4 Å². The quantitative estimate of drug-likeness (QED) is 0.470. The second-order valence-electron chi connectivity index (χ2n) is 7.96. The largest absolute Gasteiger partial charge is 0.368 e. The summed E-state index contributed by atoms with van der Waals surface area (Å²) >= 11 is 0. The molecular formula is C20H36N4O3. The summed E-state index contributed by atoms with van der Waals surface area (Å²) in [5.74, 6) is -0.00893. The number of carbonyl (C=O) groups excluding carboxylic acids is 3. The molecule has 2 fully saturated rings. The van der Waals surface area contributed by atoms with E-state index in [9.17, 15) is 14.4 Å². The molecule has 0 bridgehead atoms. The van der Waals surface area contributed by atoms with Gasteiger partial charge in [-0.25, -0.2) is 0 Å². The SMILES string of the molecule is CCC[C@@H](C(=O)NCC(N)=O)N1CCC(NCCCC2CCCCC2)C1=O. The molecule has 0 spiro atoms. The molecule has 7 heteroatoms. The van der Waals surface area contributed by atoms with Gasteiger partial charge in [0.2, 0.25) is 17.7 Å². The van der Waals surface area contributed by atoms with E-state index in [2.05, 4.69) is 10.6 Å². The predicted octanol–water partition coefficient (Wildman–Crippen LogP) is 1.31. The third-order valence-corrected chi connectivity index (χ3v) is 5.82. The molecule has 0 radical (unpaired) electrons. The zero-order chi connectivity index (χ0) is 19.6. The van der Waals surface area contributed by atoms with Crippen LogP contribution in [0.1, 0.15) is 71.1 Å². The summed E-state index contributed by atoms with van der Waals surface area (Å²) in [5.41, 5.74) is 5.10. The molecule has 1 saturated heterocycles. The molecule has 0 aromatic rings. The van der Waals surface area contributed by atoms with Crippen molar-refractivity contribution in [3.8, 4) is 0 Å². The number of hydrogen-bond donors (Lipinski definition) is 3. The Balaban J connectivity index is 1.76. The molecule has 2 atom stereocenters. The van der Waals surface area contributed by atoms with Crippen molar-refractivity contribution < 1.29 is 14.4 Å². The van der Waals surface area contributed by atoms with Crippen LogP contribution in [0, 0.1) is 5.92 Å². The van der Waals surface area contributed by atoms with E-state index < -0.39 is 11.9 Å². The smallest absolute Gasteiger partial charge is 0.243 e. The Bertz CT molecular complexity index is 505. The molecule has 27 heavy (non-hydrogen) atoms. The number of nitrogens with one attached hydrogen (secondary N) is 2. The molecule has 1 saturated carbocycles. The lowest BCUT2D eigenvalue weighted by Gasteiger charge is -2.27. The zero-order valence-corrected chi connectivity index (χ0v) is 16.7. The van der Waals surface area contributed by atoms with Crippen molar-refractivity contribution in [1.82, 2.24) is 15.5 Å². The molecule has 7 nitrogen and oxygen atoms in total. The normalized spacial score (nSPS) is 22.0. The zero-order valence-electron chi connectivity index (χ0n) is 16.7. The van der Waals surface area contributed by atoms with Gasteiger partial charge in [-0.05, 0) is 38.1 Å². The van der Waals surface area contributed by atoms with E-state index >= 15 is 0 Å². The van der Waals surface area contributed by atoms with Crippen molar-refractivity contribution >= 4 is 17.7 Å². The summed E-state index contributed by atoms with van der Waals surface area (Å²) in [6, 6.07) is -0.712. The van der Waals surface area contributed by atoms with Crippen molar-refractivity contribution in [2.24, 2.45) is 11.7 Å². The summed E-state index contributed by atoms with van der Waals surface area (Å²) in [4.78, 5) is 37.7. The van der Waals surface area contributed by atoms with Gasteiger partial charge in [0.25, 0.3) is 0 Å². The minimum absolute atomic E-state index is 0.000316. The van der Waals surface area contributed by atoms with E-state index in [1.807, 2.05) is 6.92 Å². The van der Waals surface area contributed by atoms with Gasteiger partial charge in [0.05, 0.1) is 12.6 Å². The van der Waals surface area contributed by atoms with Crippen molar-refractivity contribution in [2.75, 3.05) is 19.6 Å². The number of nitrogens with zero attached hydrogens (tertiary/aromatic N) is 1. The molecule has 1 aliphatic carbocycles. The molecule has 1 aliphatic heterocycles. The number of likely N-dealkylation sites (tertiary alicyclic amines) is 1. The van der Waals surface area contributed by atoms with Crippen LogP contribution in [0.3, 0.4) is 0 Å². The van der Waals surface area contributed by atoms with Crippen molar-refractivity contribution in [3.63, 3.8) is 0 Å². The maximum absolute atomic E-state index is 12.8. The first-order chi connectivity index (χ1) is 13.0. The minimum atomic E-state index is -0.580. The summed E-state index contributed by atoms with van der Waals surface area (Å²) in [7, 11) is 0. The van der Waals surface area contributed by atoms with Gasteiger partial charge in [0.1, 0.15) is 6.04 Å². The average Bonchev–Trinajstić information content (AvgIpc) is 3.02. The Labute approximate surface area is 162 Å². The Hall–Kier alpha value is -1.63. The monoisotopic (exact) mass is 380 g/mol. The van der Waals surface area contributed by atoms with Crippen LogP contribution in [0.2, 0.25) is 0 Å². The number of hydrogen-bond acceptors (Lipinski definition) is 4. The van der Waals surface area contributed by atoms with Crippen LogP contribution >= 0.6 is 0 Å². The van der Waals surface area contributed by atoms with Crippen LogP contribution < -0.4 is 16.4 Å². The maximum atomic E-state index is 12.8. The number of nitrogens with two attached hydrogens (primary N) is 1. The average molecular weight is 381 g/mol. The molecule has 0 aromatic heterocycles. The molecule has 0 aromatic carbocycles. The summed E-state index contributed by atoms with van der Waals surface area (Å²) in [6.45, 7) is 3.22. The number of carbonyl (C=O) groups is 3. The van der Waals surface area contributed by atoms with Gasteiger partial charge in [-0.2, -0.15) is 0 Å². The third-order valence-electron chi connectivity index (χ3n) is 5.82. The van der Waals surface area contributed by atoms with Crippen LogP contribution in [0.5, 0.6) is 0 Å². The Morgan fingerprint density at radius 1 is 1.22 bits per heavy atom. The van der Waals surface area contributed by atoms with Gasteiger partial charge in [0, 0.05) is 6.54 Å². The molecule has 154 valence electrons. The fourth-order valence-electron chi connectivity index (χ4n) is 4.34. The van der Waals surface area contributed by atoms with Crippen LogP contribution in [0.4, 0.5) is 0 Å². The van der Waals surface area contributed by atoms with E-state index in [-0.39, 0.29) is 24.4 Å². The van der Waals surface area contributed by atoms with Crippen LogP contribution in [-0.4, -0.2) is 54.3 Å². The number of amides is 3. The molecule has 1 heterocycles. The Morgan fingerprint density at radius 2 is 1.96 bits per heavy atom. The fraction of sp³-hybridized carbons (Fsp3) is 0.850. The molecular weight excluding hydrogens is 344 g/mol. The van der Waals surface area contributed by atoms with Crippen molar-refractivity contribution in [2.45, 2.75) is 83.2 Å². The molecule has 2 rings (SSSR count). The highest BCUT2D eigenvalue weighted by atomic mass is 16.2. The van der Waals surface area contributed by atoms with E-state index in [4.69, 9.17) is 5.73 Å². The van der Waals surface area contributed by atoms with E-state index in [0.29, 0.717) is 13.0 Å². The van der Waals surface area contributed by atoms with Gasteiger partial charge in [-0.15, -0.1) is 0 Å². The predicted molar refractivity (Wildman–Crippen MR) is 105 cm³/mol. The minimum Gasteiger partial charge on any atom is -0.368 e. The van der Waals surface area contributed by atoms with Crippen molar-refractivity contribution in [1.29, 1.82) is 0 Å². The van der Waals surface area contributed by atoms with Gasteiger partial charge >= 0.3 is 0 Å². The second kappa shape index (κ2) is 11.3. The highest BCUT2D eigenvalue weighted by Crippen LogP contribution is 2.27. The second-order valence-corrected chi connectivity index (χ2v) is 7.96. The fourth-order valence-corrected chi connectivity index (χ4v) is 4.34. The lowest BCUT2D eigenvalue weighted by Crippen LogP contribution is -2.51. The molecule has 4 N–H and O–H groups in total. The standard InChI is InChI=1S/C20H36N4O3/c1-2-7-17(19(26)23-14-18(21)25)24-13-11-16(20(24)27)22-12-6-10-15-8-4-3-5-9-15/h15-17,22H,2-14H2,1H3,(H2,21,25)(H,23,26)/t16?,17-/m0/s1. The first-order valence-corrected chi connectivity index (χ1v) is 10.6. The first-order valence-electron chi connectivity index (χ1n) is 10.6. The summed E-state index contributed by atoms with van der Waals surface area (Å²) < 4.78 is 0. The summed E-state index contributed by atoms with van der Waals surface area (Å²) in [6.07, 6.45) is 11.3. The van der Waals surface area contributed by atoms with Gasteiger partial charge in [0.15, 0.2) is 0 Å².